The van der Waals surface area contributed by atoms with Crippen LogP contribution in [0.2, 0.25) is 0 Å². The van der Waals surface area contributed by atoms with Gasteiger partial charge in [0.25, 0.3) is 0 Å². The molecule has 0 saturated heterocycles. The van der Waals surface area contributed by atoms with Gasteiger partial charge in [-0.1, -0.05) is 26.7 Å². The highest BCUT2D eigenvalue weighted by molar-refractivity contribution is 7.78. The van der Waals surface area contributed by atoms with Gasteiger partial charge in [-0.25, -0.2) is 0 Å². The molecule has 0 aliphatic heterocycles. The molecule has 1 N–H and O–H groups in total. The molecule has 0 rings (SSSR count). The fourth-order valence-electron chi connectivity index (χ4n) is 0.149. The van der Waals surface area contributed by atoms with Gasteiger partial charge in [-0.05, 0) is 12.8 Å². The highest BCUT2D eigenvalue weighted by Crippen LogP contribution is 1.98. The molecule has 0 heterocycles. The molecule has 44 valence electrons. The second-order valence-corrected chi connectivity index (χ2v) is 2.42. The van der Waals surface area contributed by atoms with Crippen LogP contribution in [0.5, 0.6) is 0 Å². The largest absolute Gasteiger partial charge is 0.264 e. The third-order valence-corrected chi connectivity index (χ3v) is 1.61. The molecule has 0 spiro atoms. The first-order chi connectivity index (χ1) is 3.18. The first kappa shape index (κ1) is 7.31. The van der Waals surface area contributed by atoms with Crippen LogP contribution in [0.3, 0.4) is 0 Å². The maximum absolute atomic E-state index is 3.90. The van der Waals surface area contributed by atoms with Crippen molar-refractivity contribution in [3.05, 3.63) is 0 Å². The fourth-order valence-corrected chi connectivity index (χ4v) is 0.447. The predicted octanol–water partition coefficient (Wildman–Crippen LogP) is 1.47. The van der Waals surface area contributed by atoms with E-state index in [9.17, 15) is 0 Å². The minimum Gasteiger partial charge on any atom is -0.264 e. The molecule has 0 fully saturated rings. The lowest BCUT2D eigenvalue weighted by molar-refractivity contribution is 0.504. The Hall–Kier alpha value is 0.310. The summed E-state index contributed by atoms with van der Waals surface area (Å²) in [5.74, 6) is 0.678. The van der Waals surface area contributed by atoms with E-state index in [4.69, 9.17) is 0 Å². The summed E-state index contributed by atoms with van der Waals surface area (Å²) >= 11 is 3.90. The van der Waals surface area contributed by atoms with Crippen molar-refractivity contribution in [2.75, 3.05) is 0 Å². The average Bonchev–Trinajstić information content (AvgIpc) is 1.65. The van der Waals surface area contributed by atoms with Crippen LogP contribution in [0.15, 0.2) is 0 Å². The molecular formula is C5H13NS. The van der Waals surface area contributed by atoms with E-state index in [2.05, 4.69) is 38.3 Å². The molecule has 0 aromatic rings. The van der Waals surface area contributed by atoms with Crippen LogP contribution >= 0.6 is 12.8 Å². The monoisotopic (exact) mass is 119 g/mol. The molecule has 0 unspecified atom stereocenters. The average molecular weight is 119 g/mol. The molecule has 0 aromatic carbocycles. The van der Waals surface area contributed by atoms with Gasteiger partial charge in [0.1, 0.15) is 0 Å². The SMILES string of the molecule is CC(C)[C@@H](C)NS. The van der Waals surface area contributed by atoms with Gasteiger partial charge in [-0.3, -0.25) is 4.72 Å². The van der Waals surface area contributed by atoms with E-state index in [1.54, 1.807) is 0 Å². The Balaban J connectivity index is 3.14. The summed E-state index contributed by atoms with van der Waals surface area (Å²) in [7, 11) is 0. The highest BCUT2D eigenvalue weighted by atomic mass is 32.1. The third-order valence-electron chi connectivity index (χ3n) is 1.20. The predicted molar refractivity (Wildman–Crippen MR) is 36.4 cm³/mol. The fraction of sp³-hybridized carbons (Fsp3) is 1.00. The van der Waals surface area contributed by atoms with Crippen molar-refractivity contribution in [2.24, 2.45) is 5.92 Å². The van der Waals surface area contributed by atoms with Crippen LogP contribution in [-0.4, -0.2) is 6.04 Å². The third kappa shape index (κ3) is 2.94. The minimum atomic E-state index is 0.517. The van der Waals surface area contributed by atoms with E-state index in [-0.39, 0.29) is 0 Å². The van der Waals surface area contributed by atoms with Crippen LogP contribution in [0.25, 0.3) is 0 Å². The van der Waals surface area contributed by atoms with Crippen molar-refractivity contribution in [2.45, 2.75) is 26.8 Å². The van der Waals surface area contributed by atoms with E-state index in [1.165, 1.54) is 0 Å². The van der Waals surface area contributed by atoms with E-state index in [0.29, 0.717) is 12.0 Å². The maximum Gasteiger partial charge on any atom is 0.0164 e. The van der Waals surface area contributed by atoms with Gasteiger partial charge < -0.3 is 0 Å². The molecule has 0 radical (unpaired) electrons. The van der Waals surface area contributed by atoms with E-state index < -0.39 is 0 Å². The van der Waals surface area contributed by atoms with Crippen molar-refractivity contribution in [1.82, 2.24) is 4.72 Å². The summed E-state index contributed by atoms with van der Waals surface area (Å²) in [6.45, 7) is 6.43. The van der Waals surface area contributed by atoms with Gasteiger partial charge in [0.15, 0.2) is 0 Å². The van der Waals surface area contributed by atoms with Gasteiger partial charge in [-0.2, -0.15) is 0 Å². The first-order valence-electron chi connectivity index (χ1n) is 2.58. The molecule has 0 aliphatic carbocycles. The van der Waals surface area contributed by atoms with Gasteiger partial charge >= 0.3 is 0 Å². The summed E-state index contributed by atoms with van der Waals surface area (Å²) < 4.78 is 2.86. The van der Waals surface area contributed by atoms with Crippen molar-refractivity contribution >= 4 is 12.8 Å². The number of nitrogens with one attached hydrogen (secondary N) is 1. The van der Waals surface area contributed by atoms with Crippen molar-refractivity contribution < 1.29 is 0 Å². The summed E-state index contributed by atoms with van der Waals surface area (Å²) in [4.78, 5) is 0. The summed E-state index contributed by atoms with van der Waals surface area (Å²) in [5.41, 5.74) is 0. The smallest absolute Gasteiger partial charge is 0.0164 e. The van der Waals surface area contributed by atoms with E-state index >= 15 is 0 Å². The van der Waals surface area contributed by atoms with Crippen LogP contribution in [0.4, 0.5) is 0 Å². The number of rotatable bonds is 2. The zero-order chi connectivity index (χ0) is 5.86. The number of hydrogen-bond acceptors (Lipinski definition) is 2. The zero-order valence-corrected chi connectivity index (χ0v) is 6.00. The molecule has 0 saturated carbocycles. The Kier molecular flexibility index (Phi) is 3.48. The lowest BCUT2D eigenvalue weighted by Gasteiger charge is -2.11. The van der Waals surface area contributed by atoms with Crippen molar-refractivity contribution in [3.63, 3.8) is 0 Å². The lowest BCUT2D eigenvalue weighted by Crippen LogP contribution is -2.22. The van der Waals surface area contributed by atoms with E-state index in [1.807, 2.05) is 0 Å². The molecule has 0 aromatic heterocycles. The Morgan fingerprint density at radius 2 is 1.71 bits per heavy atom. The van der Waals surface area contributed by atoms with Gasteiger partial charge in [-0.15, -0.1) is 0 Å². The maximum atomic E-state index is 3.90. The van der Waals surface area contributed by atoms with E-state index in [0.717, 1.165) is 0 Å². The summed E-state index contributed by atoms with van der Waals surface area (Å²) in [6, 6.07) is 0.517. The van der Waals surface area contributed by atoms with Gasteiger partial charge in [0.05, 0.1) is 0 Å². The molecule has 0 bridgehead atoms. The minimum absolute atomic E-state index is 0.517. The Morgan fingerprint density at radius 1 is 1.29 bits per heavy atom. The van der Waals surface area contributed by atoms with Crippen molar-refractivity contribution in [3.8, 4) is 0 Å². The lowest BCUT2D eigenvalue weighted by atomic mass is 10.1. The van der Waals surface area contributed by atoms with Crippen LogP contribution in [-0.2, 0) is 0 Å². The van der Waals surface area contributed by atoms with Crippen LogP contribution in [0, 0.1) is 5.92 Å². The molecular weight excluding hydrogens is 106 g/mol. The molecule has 0 aliphatic rings. The number of thiol groups is 1. The molecule has 0 amide bonds. The van der Waals surface area contributed by atoms with Crippen LogP contribution < -0.4 is 4.72 Å². The molecule has 7 heavy (non-hydrogen) atoms. The number of hydrogen-bond donors (Lipinski definition) is 2. The second kappa shape index (κ2) is 3.33. The van der Waals surface area contributed by atoms with Crippen LogP contribution in [0.1, 0.15) is 20.8 Å². The Bertz CT molecular complexity index is 45.3. The molecule has 2 heteroatoms. The standard InChI is InChI=1S/C5H13NS/c1-4(2)5(3)6-7/h4-7H,1-3H3/t5-/m1/s1. The molecule has 1 nitrogen and oxygen atoms in total. The van der Waals surface area contributed by atoms with Crippen molar-refractivity contribution in [1.29, 1.82) is 0 Å². The highest BCUT2D eigenvalue weighted by Gasteiger charge is 2.01. The second-order valence-electron chi connectivity index (χ2n) is 2.16. The normalized spacial score (nSPS) is 15.0. The zero-order valence-electron chi connectivity index (χ0n) is 5.10. The Labute approximate surface area is 51.0 Å². The first-order valence-corrected chi connectivity index (χ1v) is 3.02. The summed E-state index contributed by atoms with van der Waals surface area (Å²) in [6.07, 6.45) is 0. The van der Waals surface area contributed by atoms with Gasteiger partial charge in [0, 0.05) is 6.04 Å². The quantitative estimate of drug-likeness (QED) is 0.524. The molecule has 1 atom stereocenters. The Morgan fingerprint density at radius 3 is 1.71 bits per heavy atom. The topological polar surface area (TPSA) is 12.0 Å². The van der Waals surface area contributed by atoms with Gasteiger partial charge in [0.2, 0.25) is 0 Å². The summed E-state index contributed by atoms with van der Waals surface area (Å²) in [5, 5.41) is 0.